The fourth-order valence-corrected chi connectivity index (χ4v) is 6.92. The Morgan fingerprint density at radius 2 is 1.33 bits per heavy atom. The molecule has 0 radical (unpaired) electrons. The Labute approximate surface area is 123 Å². The van der Waals surface area contributed by atoms with Crippen molar-refractivity contribution in [1.82, 2.24) is 4.90 Å². The molecular weight excluding hydrogens is 276 g/mol. The molecule has 6 saturated carbocycles. The molecule has 0 spiro atoms. The van der Waals surface area contributed by atoms with E-state index in [1.54, 1.807) is 13.8 Å². The summed E-state index contributed by atoms with van der Waals surface area (Å²) in [4.78, 5) is 19.6. The maximum Gasteiger partial charge on any atom is 0.476 e. The topological polar surface area (TPSA) is 82.2 Å². The van der Waals surface area contributed by atoms with Crippen molar-refractivity contribution < 1.29 is 25.0 Å². The summed E-state index contributed by atoms with van der Waals surface area (Å²) in [6.07, 6.45) is -0.981. The standard InChI is InChI=1S/C12H17NO2.C2H6NO3/c1-3(14)13(4(2)15)12-9-6-5-7(9)11(12)8(5)10(6)12;1-5-3(4)6-2/h3-11,14-15H,1-2H3;1-2H3/q;+1. The van der Waals surface area contributed by atoms with Gasteiger partial charge >= 0.3 is 5.09 Å². The van der Waals surface area contributed by atoms with Crippen LogP contribution in [0.15, 0.2) is 0 Å². The van der Waals surface area contributed by atoms with Gasteiger partial charge in [0.2, 0.25) is 0 Å². The molecule has 2 N–H and O–H groups in total. The lowest BCUT2D eigenvalue weighted by Gasteiger charge is -3.08. The highest BCUT2D eigenvalue weighted by atomic mass is 17.0. The van der Waals surface area contributed by atoms with Crippen LogP contribution >= 0.6 is 0 Å². The molecule has 6 fully saturated rings. The summed E-state index contributed by atoms with van der Waals surface area (Å²) in [6.45, 7) is 3.60. The first kappa shape index (κ1) is 13.7. The predicted molar refractivity (Wildman–Crippen MR) is 70.0 cm³/mol. The second kappa shape index (κ2) is 3.88. The van der Waals surface area contributed by atoms with E-state index in [-0.39, 0.29) is 10.6 Å². The van der Waals surface area contributed by atoms with Crippen molar-refractivity contribution in [1.29, 1.82) is 0 Å². The molecule has 0 aromatic rings. The molecule has 21 heavy (non-hydrogen) atoms. The average Bonchev–Trinajstić information content (AvgIpc) is 2.46. The van der Waals surface area contributed by atoms with E-state index in [0.29, 0.717) is 0 Å². The SMILES string of the molecule is CC(O)N(C(C)O)C12C3C4C5C3C1C5C42.CO[N+](=O)OC. The van der Waals surface area contributed by atoms with Crippen molar-refractivity contribution >= 4 is 0 Å². The molecule has 118 valence electrons. The lowest BCUT2D eigenvalue weighted by molar-refractivity contribution is -0.972. The number of hydrogen-bond acceptors (Lipinski definition) is 6. The Balaban J connectivity index is 0.000000168. The van der Waals surface area contributed by atoms with Gasteiger partial charge in [0, 0.05) is 5.54 Å². The van der Waals surface area contributed by atoms with E-state index in [2.05, 4.69) is 9.68 Å². The first-order valence-electron chi connectivity index (χ1n) is 7.64. The third-order valence-electron chi connectivity index (χ3n) is 6.97. The van der Waals surface area contributed by atoms with E-state index in [0.717, 1.165) is 41.4 Å². The number of aliphatic hydroxyl groups is 2. The average molecular weight is 299 g/mol. The molecule has 0 aromatic heterocycles. The molecule has 6 rings (SSSR count). The van der Waals surface area contributed by atoms with Crippen LogP contribution in [0.4, 0.5) is 0 Å². The zero-order valence-electron chi connectivity index (χ0n) is 12.7. The monoisotopic (exact) mass is 299 g/mol. The van der Waals surface area contributed by atoms with Crippen LogP contribution in [-0.2, 0) is 9.68 Å². The van der Waals surface area contributed by atoms with Gasteiger partial charge in [-0.15, -0.1) is 0 Å². The van der Waals surface area contributed by atoms with Crippen LogP contribution in [0.25, 0.3) is 0 Å². The molecule has 7 heteroatoms. The normalized spacial score (nSPS) is 54.1. The van der Waals surface area contributed by atoms with Crippen molar-refractivity contribution in [3.8, 4) is 0 Å². The van der Waals surface area contributed by atoms with Crippen LogP contribution in [0.5, 0.6) is 0 Å². The Hall–Kier alpha value is -0.920. The van der Waals surface area contributed by atoms with E-state index < -0.39 is 12.5 Å². The lowest BCUT2D eigenvalue weighted by Crippen LogP contribution is -3.11. The highest BCUT2D eigenvalue weighted by Gasteiger charge is 3.05. The van der Waals surface area contributed by atoms with Crippen molar-refractivity contribution in [3.05, 3.63) is 4.91 Å². The minimum atomic E-state index is -0.491. The second-order valence-corrected chi connectivity index (χ2v) is 7.03. The first-order valence-corrected chi connectivity index (χ1v) is 7.64. The largest absolute Gasteiger partial charge is 0.476 e. The third-order valence-corrected chi connectivity index (χ3v) is 6.97. The molecule has 6 aliphatic rings. The fourth-order valence-electron chi connectivity index (χ4n) is 6.92. The van der Waals surface area contributed by atoms with Gasteiger partial charge in [-0.25, -0.2) is 4.90 Å². The van der Waals surface area contributed by atoms with Gasteiger partial charge in [-0.05, 0) is 55.3 Å². The van der Waals surface area contributed by atoms with Gasteiger partial charge in [0.25, 0.3) is 0 Å². The van der Waals surface area contributed by atoms with E-state index in [1.165, 1.54) is 14.2 Å². The summed E-state index contributed by atoms with van der Waals surface area (Å²) in [5.41, 5.74) is 0.261. The Bertz CT molecular complexity index is 429. The van der Waals surface area contributed by atoms with Crippen LogP contribution in [0, 0.1) is 46.3 Å². The number of rotatable bonds is 5. The van der Waals surface area contributed by atoms with Gasteiger partial charge in [0.15, 0.2) is 14.2 Å². The van der Waals surface area contributed by atoms with Crippen molar-refractivity contribution in [2.75, 3.05) is 14.2 Å². The molecule has 0 aliphatic heterocycles. The summed E-state index contributed by atoms with van der Waals surface area (Å²) < 4.78 is 0. The maximum absolute atomic E-state index is 9.85. The minimum Gasteiger partial charge on any atom is -0.379 e. The Kier molecular flexibility index (Phi) is 2.54. The molecule has 0 bridgehead atoms. The molecular formula is C14H23N2O5+. The summed E-state index contributed by atoms with van der Waals surface area (Å²) >= 11 is 0. The Morgan fingerprint density at radius 1 is 0.952 bits per heavy atom. The summed E-state index contributed by atoms with van der Waals surface area (Å²) in [5, 5.41) is 19.7. The van der Waals surface area contributed by atoms with Crippen LogP contribution < -0.4 is 0 Å². The van der Waals surface area contributed by atoms with Gasteiger partial charge in [0.05, 0.1) is 0 Å². The van der Waals surface area contributed by atoms with Crippen LogP contribution in [0.2, 0.25) is 0 Å². The molecule has 7 nitrogen and oxygen atoms in total. The summed E-state index contributed by atoms with van der Waals surface area (Å²) in [7, 11) is 2.44. The second-order valence-electron chi connectivity index (χ2n) is 7.03. The van der Waals surface area contributed by atoms with Gasteiger partial charge in [-0.3, -0.25) is 0 Å². The zero-order valence-corrected chi connectivity index (χ0v) is 12.7. The predicted octanol–water partition coefficient (Wildman–Crippen LogP) is -0.0267. The van der Waals surface area contributed by atoms with Crippen LogP contribution in [-0.4, -0.2) is 52.4 Å². The molecule has 0 aromatic carbocycles. The summed E-state index contributed by atoms with van der Waals surface area (Å²) in [6, 6.07) is 0. The van der Waals surface area contributed by atoms with Crippen molar-refractivity contribution in [2.45, 2.75) is 31.8 Å². The van der Waals surface area contributed by atoms with E-state index >= 15 is 0 Å². The molecule has 0 heterocycles. The molecule has 0 saturated heterocycles. The first-order chi connectivity index (χ1) is 9.94. The number of aliphatic hydroxyl groups excluding tert-OH is 2. The fraction of sp³-hybridized carbons (Fsp3) is 1.00. The highest BCUT2D eigenvalue weighted by Crippen LogP contribution is 3.03. The quantitative estimate of drug-likeness (QED) is 0.548. The van der Waals surface area contributed by atoms with E-state index in [1.807, 2.05) is 4.90 Å². The smallest absolute Gasteiger partial charge is 0.379 e. The number of hydrogen-bond donors (Lipinski definition) is 2. The van der Waals surface area contributed by atoms with Crippen LogP contribution in [0.1, 0.15) is 13.8 Å². The maximum atomic E-state index is 9.85. The third kappa shape index (κ3) is 1.10. The lowest BCUT2D eigenvalue weighted by atomic mass is 8.98. The number of nitrogens with zero attached hydrogens (tertiary/aromatic N) is 2. The molecule has 2 atom stereocenters. The zero-order chi connectivity index (χ0) is 15.3. The Morgan fingerprint density at radius 3 is 1.57 bits per heavy atom. The molecule has 0 amide bonds. The van der Waals surface area contributed by atoms with Gasteiger partial charge < -0.3 is 10.2 Å². The van der Waals surface area contributed by atoms with Gasteiger partial charge in [0.1, 0.15) is 17.4 Å². The van der Waals surface area contributed by atoms with Gasteiger partial charge in [-0.1, -0.05) is 0 Å². The van der Waals surface area contributed by atoms with Crippen molar-refractivity contribution in [3.63, 3.8) is 0 Å². The van der Waals surface area contributed by atoms with Gasteiger partial charge in [-0.2, -0.15) is 9.68 Å². The van der Waals surface area contributed by atoms with E-state index in [4.69, 9.17) is 0 Å². The van der Waals surface area contributed by atoms with Crippen LogP contribution in [0.3, 0.4) is 0 Å². The van der Waals surface area contributed by atoms with E-state index in [9.17, 15) is 15.1 Å². The molecule has 2 unspecified atom stereocenters. The van der Waals surface area contributed by atoms with Crippen molar-refractivity contribution in [2.24, 2.45) is 41.4 Å². The highest BCUT2D eigenvalue weighted by molar-refractivity contribution is 5.54. The minimum absolute atomic E-state index is 0. The molecule has 6 aliphatic carbocycles. The summed E-state index contributed by atoms with van der Waals surface area (Å²) in [5.74, 6) is 6.67.